The summed E-state index contributed by atoms with van der Waals surface area (Å²) in [4.78, 5) is 4.38. The van der Waals surface area contributed by atoms with E-state index < -0.39 is 0 Å². The highest BCUT2D eigenvalue weighted by Gasteiger charge is 2.11. The summed E-state index contributed by atoms with van der Waals surface area (Å²) >= 11 is 0. The molecule has 2 N–H and O–H groups in total. The van der Waals surface area contributed by atoms with E-state index in [4.69, 9.17) is 9.47 Å². The Hall–Kier alpha value is -2.95. The summed E-state index contributed by atoms with van der Waals surface area (Å²) in [6.45, 7) is 1.87. The van der Waals surface area contributed by atoms with Gasteiger partial charge < -0.3 is 19.9 Å². The van der Waals surface area contributed by atoms with Gasteiger partial charge in [0.2, 0.25) is 0 Å². The summed E-state index contributed by atoms with van der Waals surface area (Å²) in [6, 6.07) is 11.0. The van der Waals surface area contributed by atoms with E-state index in [2.05, 4.69) is 10.3 Å². The van der Waals surface area contributed by atoms with Crippen LogP contribution in [0.5, 0.6) is 17.2 Å². The predicted molar refractivity (Wildman–Crippen MR) is 91.0 cm³/mol. The average Bonchev–Trinajstić information content (AvgIpc) is 2.58. The third-order valence-electron chi connectivity index (χ3n) is 3.82. The van der Waals surface area contributed by atoms with Crippen LogP contribution in [0.3, 0.4) is 0 Å². The first-order valence-electron chi connectivity index (χ1n) is 7.20. The van der Waals surface area contributed by atoms with Crippen molar-refractivity contribution in [3.63, 3.8) is 0 Å². The number of nitrogens with one attached hydrogen (secondary N) is 1. The SMILES string of the molecule is COc1cc2nccc(Nc3cccc(O)c3C)c2cc1OC. The Balaban J connectivity index is 2.12. The third kappa shape index (κ3) is 2.73. The molecule has 1 heterocycles. The Labute approximate surface area is 134 Å². The molecule has 1 aromatic heterocycles. The minimum absolute atomic E-state index is 0.257. The number of ether oxygens (including phenoxy) is 2. The molecule has 0 amide bonds. The number of aromatic nitrogens is 1. The van der Waals surface area contributed by atoms with Gasteiger partial charge in [-0.15, -0.1) is 0 Å². The molecule has 3 rings (SSSR count). The van der Waals surface area contributed by atoms with Gasteiger partial charge in [0.1, 0.15) is 5.75 Å². The molecule has 5 heteroatoms. The first-order valence-corrected chi connectivity index (χ1v) is 7.20. The van der Waals surface area contributed by atoms with Crippen LogP contribution in [-0.2, 0) is 0 Å². The fourth-order valence-corrected chi connectivity index (χ4v) is 2.49. The first-order chi connectivity index (χ1) is 11.1. The maximum absolute atomic E-state index is 9.85. The second-order valence-electron chi connectivity index (χ2n) is 5.16. The van der Waals surface area contributed by atoms with E-state index in [-0.39, 0.29) is 5.75 Å². The number of phenolic OH excluding ortho intramolecular Hbond substituents is 1. The maximum Gasteiger partial charge on any atom is 0.162 e. The Kier molecular flexibility index (Phi) is 3.93. The zero-order chi connectivity index (χ0) is 16.4. The van der Waals surface area contributed by atoms with Crippen LogP contribution in [0.15, 0.2) is 42.6 Å². The molecule has 0 fully saturated rings. The van der Waals surface area contributed by atoms with E-state index in [1.807, 2.05) is 31.2 Å². The standard InChI is InChI=1S/C18H18N2O3/c1-11-13(5-4-6-16(11)21)20-14-7-8-19-15-10-18(23-3)17(22-2)9-12(14)15/h4-10,21H,1-3H3,(H,19,20). The fourth-order valence-electron chi connectivity index (χ4n) is 2.49. The molecule has 2 aromatic carbocycles. The molecule has 118 valence electrons. The molecule has 3 aromatic rings. The fraction of sp³-hybridized carbons (Fsp3) is 0.167. The largest absolute Gasteiger partial charge is 0.508 e. The molecule has 0 spiro atoms. The molecule has 0 saturated heterocycles. The monoisotopic (exact) mass is 310 g/mol. The van der Waals surface area contributed by atoms with Gasteiger partial charge in [-0.05, 0) is 31.2 Å². The summed E-state index contributed by atoms with van der Waals surface area (Å²) in [6.07, 6.45) is 1.73. The zero-order valence-electron chi connectivity index (χ0n) is 13.3. The molecule has 0 bridgehead atoms. The summed E-state index contributed by atoms with van der Waals surface area (Å²) in [5, 5.41) is 14.1. The summed E-state index contributed by atoms with van der Waals surface area (Å²) in [5.41, 5.74) is 3.31. The van der Waals surface area contributed by atoms with Crippen LogP contribution in [0.2, 0.25) is 0 Å². The smallest absolute Gasteiger partial charge is 0.162 e. The van der Waals surface area contributed by atoms with Gasteiger partial charge in [-0.1, -0.05) is 6.07 Å². The summed E-state index contributed by atoms with van der Waals surface area (Å²) < 4.78 is 10.7. The number of rotatable bonds is 4. The van der Waals surface area contributed by atoms with Crippen molar-refractivity contribution in [1.82, 2.24) is 4.98 Å². The van der Waals surface area contributed by atoms with Crippen LogP contribution >= 0.6 is 0 Å². The number of nitrogens with zero attached hydrogens (tertiary/aromatic N) is 1. The van der Waals surface area contributed by atoms with Crippen LogP contribution in [0.4, 0.5) is 11.4 Å². The Morgan fingerprint density at radius 1 is 1.00 bits per heavy atom. The molecule has 0 atom stereocenters. The van der Waals surface area contributed by atoms with E-state index in [1.165, 1.54) is 0 Å². The number of anilines is 2. The van der Waals surface area contributed by atoms with Crippen molar-refractivity contribution in [1.29, 1.82) is 0 Å². The van der Waals surface area contributed by atoms with E-state index >= 15 is 0 Å². The van der Waals surface area contributed by atoms with Crippen molar-refractivity contribution in [2.24, 2.45) is 0 Å². The lowest BCUT2D eigenvalue weighted by atomic mass is 10.1. The highest BCUT2D eigenvalue weighted by molar-refractivity contribution is 5.95. The van der Waals surface area contributed by atoms with E-state index in [0.29, 0.717) is 11.5 Å². The predicted octanol–water partition coefficient (Wildman–Crippen LogP) is 4.01. The Bertz CT molecular complexity index is 862. The number of methoxy groups -OCH3 is 2. The lowest BCUT2D eigenvalue weighted by Gasteiger charge is -2.14. The highest BCUT2D eigenvalue weighted by atomic mass is 16.5. The van der Waals surface area contributed by atoms with E-state index in [0.717, 1.165) is 27.8 Å². The van der Waals surface area contributed by atoms with Gasteiger partial charge in [0.05, 0.1) is 19.7 Å². The van der Waals surface area contributed by atoms with Crippen molar-refractivity contribution in [2.45, 2.75) is 6.92 Å². The van der Waals surface area contributed by atoms with Gasteiger partial charge in [-0.25, -0.2) is 0 Å². The topological polar surface area (TPSA) is 63.6 Å². The summed E-state index contributed by atoms with van der Waals surface area (Å²) in [5.74, 6) is 1.54. The summed E-state index contributed by atoms with van der Waals surface area (Å²) in [7, 11) is 3.20. The van der Waals surface area contributed by atoms with E-state index in [1.54, 1.807) is 32.5 Å². The number of fused-ring (bicyclic) bond motifs is 1. The third-order valence-corrected chi connectivity index (χ3v) is 3.82. The second kappa shape index (κ2) is 6.04. The van der Waals surface area contributed by atoms with Gasteiger partial charge in [0.15, 0.2) is 11.5 Å². The molecular weight excluding hydrogens is 292 g/mol. The molecule has 23 heavy (non-hydrogen) atoms. The van der Waals surface area contributed by atoms with Gasteiger partial charge in [0.25, 0.3) is 0 Å². The molecule has 0 unspecified atom stereocenters. The first kappa shape index (κ1) is 15.0. The second-order valence-corrected chi connectivity index (χ2v) is 5.16. The van der Waals surface area contributed by atoms with Crippen molar-refractivity contribution in [3.05, 3.63) is 48.2 Å². The van der Waals surface area contributed by atoms with Crippen LogP contribution in [0.25, 0.3) is 10.9 Å². The lowest BCUT2D eigenvalue weighted by molar-refractivity contribution is 0.356. The van der Waals surface area contributed by atoms with Crippen LogP contribution < -0.4 is 14.8 Å². The minimum atomic E-state index is 0.257. The van der Waals surface area contributed by atoms with Gasteiger partial charge in [-0.2, -0.15) is 0 Å². The normalized spacial score (nSPS) is 10.6. The molecule has 0 aliphatic heterocycles. The minimum Gasteiger partial charge on any atom is -0.508 e. The average molecular weight is 310 g/mol. The molecule has 0 aliphatic rings. The van der Waals surface area contributed by atoms with Gasteiger partial charge in [0, 0.05) is 34.6 Å². The molecule has 0 aliphatic carbocycles. The molecule has 0 radical (unpaired) electrons. The van der Waals surface area contributed by atoms with Crippen molar-refractivity contribution >= 4 is 22.3 Å². The molecule has 5 nitrogen and oxygen atoms in total. The highest BCUT2D eigenvalue weighted by Crippen LogP contribution is 2.36. The zero-order valence-corrected chi connectivity index (χ0v) is 13.3. The van der Waals surface area contributed by atoms with Crippen molar-refractivity contribution in [3.8, 4) is 17.2 Å². The van der Waals surface area contributed by atoms with Gasteiger partial charge >= 0.3 is 0 Å². The van der Waals surface area contributed by atoms with Gasteiger partial charge in [-0.3, -0.25) is 4.98 Å². The molecular formula is C18H18N2O3. The maximum atomic E-state index is 9.85. The Morgan fingerprint density at radius 3 is 2.48 bits per heavy atom. The number of pyridine rings is 1. The lowest BCUT2D eigenvalue weighted by Crippen LogP contribution is -1.97. The van der Waals surface area contributed by atoms with E-state index in [9.17, 15) is 5.11 Å². The number of aromatic hydroxyl groups is 1. The van der Waals surface area contributed by atoms with Crippen molar-refractivity contribution in [2.75, 3.05) is 19.5 Å². The van der Waals surface area contributed by atoms with Crippen molar-refractivity contribution < 1.29 is 14.6 Å². The Morgan fingerprint density at radius 2 is 1.74 bits per heavy atom. The van der Waals surface area contributed by atoms with Crippen LogP contribution in [0.1, 0.15) is 5.56 Å². The molecule has 0 saturated carbocycles. The quantitative estimate of drug-likeness (QED) is 0.762. The number of hydrogen-bond acceptors (Lipinski definition) is 5. The van der Waals surface area contributed by atoms with Crippen LogP contribution in [-0.4, -0.2) is 24.3 Å². The number of hydrogen-bond donors (Lipinski definition) is 2. The number of benzene rings is 2. The number of phenols is 1. The van der Waals surface area contributed by atoms with Crippen LogP contribution in [0, 0.1) is 6.92 Å².